The van der Waals surface area contributed by atoms with E-state index in [4.69, 9.17) is 4.74 Å². The van der Waals surface area contributed by atoms with Gasteiger partial charge < -0.3 is 18.7 Å². The second-order valence-electron chi connectivity index (χ2n) is 6.22. The Labute approximate surface area is 145 Å². The molecule has 1 rings (SSSR count). The molecule has 1 fully saturated rings. The normalized spacial score (nSPS) is 24.1. The Hall–Kier alpha value is 0.950. The van der Waals surface area contributed by atoms with Crippen molar-refractivity contribution < 1.29 is 52.4 Å². The molecule has 0 spiro atoms. The largest absolute Gasteiger partial charge is 1.00 e. The van der Waals surface area contributed by atoms with Crippen LogP contribution in [0.1, 0.15) is 47.0 Å². The van der Waals surface area contributed by atoms with E-state index in [9.17, 15) is 14.0 Å². The first-order valence-electron chi connectivity index (χ1n) is 6.48. The monoisotopic (exact) mass is 317 g/mol. The van der Waals surface area contributed by atoms with Gasteiger partial charge in [-0.2, -0.15) is 5.06 Å². The molecule has 1 atom stereocenters. The number of hydrogen-bond donors (Lipinski definition) is 1. The van der Waals surface area contributed by atoms with Crippen molar-refractivity contribution in [2.45, 2.75) is 64.1 Å². The number of rotatable bonds is 6. The molecule has 0 saturated carbocycles. The summed E-state index contributed by atoms with van der Waals surface area (Å²) in [5.74, 6) is 0. The summed E-state index contributed by atoms with van der Waals surface area (Å²) in [4.78, 5) is 0. The van der Waals surface area contributed by atoms with Crippen LogP contribution in [-0.4, -0.2) is 49.4 Å². The van der Waals surface area contributed by atoms with Crippen LogP contribution in [0.3, 0.4) is 0 Å². The zero-order valence-electron chi connectivity index (χ0n) is 13.0. The topological polar surface area (TPSA) is 82.1 Å². The molecule has 1 aliphatic heterocycles. The van der Waals surface area contributed by atoms with Crippen LogP contribution >= 0.6 is 0 Å². The molecule has 1 N–H and O–H groups in total. The maximum atomic E-state index is 10.2. The zero-order chi connectivity index (χ0) is 14.7. The molecule has 1 unspecified atom stereocenters. The number of nitrogens with zero attached hydrogens (tertiary/aromatic N) is 1. The molecule has 0 aromatic rings. The van der Waals surface area contributed by atoms with Gasteiger partial charge in [0, 0.05) is 17.7 Å². The van der Waals surface area contributed by atoms with Gasteiger partial charge in [0.2, 0.25) is 0 Å². The predicted octanol–water partition coefficient (Wildman–Crippen LogP) is -1.38. The van der Waals surface area contributed by atoms with Crippen molar-refractivity contribution in [2.24, 2.45) is 0 Å². The quantitative estimate of drug-likeness (QED) is 0.369. The van der Waals surface area contributed by atoms with E-state index in [0.29, 0.717) is 13.0 Å². The van der Waals surface area contributed by atoms with E-state index in [1.54, 1.807) is 0 Å². The molecular weight excluding hydrogens is 293 g/mol. The van der Waals surface area contributed by atoms with E-state index < -0.39 is 11.4 Å². The fourth-order valence-electron chi connectivity index (χ4n) is 2.73. The van der Waals surface area contributed by atoms with Crippen LogP contribution in [0.15, 0.2) is 0 Å². The Morgan fingerprint density at radius 2 is 1.75 bits per heavy atom. The summed E-state index contributed by atoms with van der Waals surface area (Å²) in [7, 11) is 0. The molecule has 0 radical (unpaired) electrons. The van der Waals surface area contributed by atoms with Crippen molar-refractivity contribution in [2.75, 3.05) is 13.2 Å². The van der Waals surface area contributed by atoms with Gasteiger partial charge in [0.1, 0.15) is 0 Å². The third kappa shape index (κ3) is 6.37. The van der Waals surface area contributed by atoms with Gasteiger partial charge in [-0.3, -0.25) is 0 Å². The average Bonchev–Trinajstić information content (AvgIpc) is 2.24. The van der Waals surface area contributed by atoms with E-state index in [1.807, 2.05) is 27.7 Å². The summed E-state index contributed by atoms with van der Waals surface area (Å²) in [6.45, 7) is 8.52. The number of hydrogen-bond acceptors (Lipinski definition) is 6. The minimum atomic E-state index is -2.45. The Balaban J connectivity index is 0.00000361. The van der Waals surface area contributed by atoms with E-state index in [0.717, 1.165) is 12.8 Å². The molecule has 8 heteroatoms. The van der Waals surface area contributed by atoms with Gasteiger partial charge in [0.25, 0.3) is 0 Å². The average molecular weight is 317 g/mol. The minimum Gasteiger partial charge on any atom is -0.750 e. The minimum absolute atomic E-state index is 0. The van der Waals surface area contributed by atoms with Crippen molar-refractivity contribution in [3.63, 3.8) is 0 Å². The molecule has 0 aliphatic carbocycles. The standard InChI is InChI=1S/C12H25NO5S.Na/c1-11(2)8-10(9-12(3,4)13(11)14)17-6-5-7-18-19(15)16;/h10,14H,5-9H2,1-4H3,(H,15,16);/q;+1/p-1. The van der Waals surface area contributed by atoms with Gasteiger partial charge in [0.05, 0.1) is 24.1 Å². The summed E-state index contributed by atoms with van der Waals surface area (Å²) in [6, 6.07) is 0. The van der Waals surface area contributed by atoms with Crippen LogP contribution in [-0.2, 0) is 20.3 Å². The van der Waals surface area contributed by atoms with Crippen molar-refractivity contribution >= 4 is 11.4 Å². The summed E-state index contributed by atoms with van der Waals surface area (Å²) in [5, 5.41) is 11.5. The SMILES string of the molecule is CC1(C)CC(OCCCOS(=O)[O-])CC(C)(C)N1O.[Na+]. The number of ether oxygens (including phenoxy) is 1. The molecule has 6 nitrogen and oxygen atoms in total. The van der Waals surface area contributed by atoms with Gasteiger partial charge >= 0.3 is 29.6 Å². The maximum absolute atomic E-state index is 10.2. The molecule has 0 amide bonds. The summed E-state index contributed by atoms with van der Waals surface area (Å²) >= 11 is -2.45. The van der Waals surface area contributed by atoms with Crippen LogP contribution < -0.4 is 29.6 Å². The Morgan fingerprint density at radius 3 is 2.20 bits per heavy atom. The van der Waals surface area contributed by atoms with Crippen molar-refractivity contribution in [3.8, 4) is 0 Å². The molecule has 1 aliphatic rings. The first kappa shape index (κ1) is 20.9. The smallest absolute Gasteiger partial charge is 0.750 e. The molecule has 1 saturated heterocycles. The Morgan fingerprint density at radius 1 is 1.25 bits per heavy atom. The van der Waals surface area contributed by atoms with Crippen molar-refractivity contribution in [1.29, 1.82) is 0 Å². The van der Waals surface area contributed by atoms with Crippen LogP contribution in [0.2, 0.25) is 0 Å². The molecule has 1 heterocycles. The predicted molar refractivity (Wildman–Crippen MR) is 70.2 cm³/mol. The van der Waals surface area contributed by atoms with Crippen LogP contribution in [0.25, 0.3) is 0 Å². The fourth-order valence-corrected chi connectivity index (χ4v) is 2.99. The van der Waals surface area contributed by atoms with Gasteiger partial charge in [-0.15, -0.1) is 0 Å². The molecule has 0 aromatic carbocycles. The summed E-state index contributed by atoms with van der Waals surface area (Å²) in [5.41, 5.74) is -0.668. The molecule has 114 valence electrons. The fraction of sp³-hybridized carbons (Fsp3) is 1.00. The van der Waals surface area contributed by atoms with Crippen molar-refractivity contribution in [1.82, 2.24) is 5.06 Å². The van der Waals surface area contributed by atoms with Crippen LogP contribution in [0, 0.1) is 0 Å². The van der Waals surface area contributed by atoms with Crippen LogP contribution in [0.5, 0.6) is 0 Å². The maximum Gasteiger partial charge on any atom is 1.00 e. The first-order valence-corrected chi connectivity index (χ1v) is 7.48. The second-order valence-corrected chi connectivity index (χ2v) is 6.86. The zero-order valence-corrected chi connectivity index (χ0v) is 15.9. The Bertz CT molecular complexity index is 309. The van der Waals surface area contributed by atoms with Gasteiger partial charge in [-0.1, -0.05) is 0 Å². The van der Waals surface area contributed by atoms with E-state index in [-0.39, 0.29) is 53.3 Å². The van der Waals surface area contributed by atoms with Crippen molar-refractivity contribution in [3.05, 3.63) is 0 Å². The van der Waals surface area contributed by atoms with Crippen LogP contribution in [0.4, 0.5) is 0 Å². The number of hydroxylamine groups is 2. The van der Waals surface area contributed by atoms with E-state index in [2.05, 4.69) is 4.18 Å². The first-order chi connectivity index (χ1) is 8.65. The summed E-state index contributed by atoms with van der Waals surface area (Å²) in [6.07, 6.45) is 2.07. The van der Waals surface area contributed by atoms with E-state index >= 15 is 0 Å². The van der Waals surface area contributed by atoms with Gasteiger partial charge in [-0.25, -0.2) is 4.21 Å². The third-order valence-electron chi connectivity index (χ3n) is 3.42. The third-order valence-corrected chi connectivity index (χ3v) is 3.78. The molecule has 0 bridgehead atoms. The summed E-state index contributed by atoms with van der Waals surface area (Å²) < 4.78 is 30.5. The molecule has 0 aromatic heterocycles. The Kier molecular flexibility index (Phi) is 8.95. The number of piperidine rings is 1. The molecule has 20 heavy (non-hydrogen) atoms. The second kappa shape index (κ2) is 8.55. The van der Waals surface area contributed by atoms with Gasteiger partial charge in [0.15, 0.2) is 0 Å². The molecular formula is C12H24NNaO5S. The van der Waals surface area contributed by atoms with E-state index in [1.165, 1.54) is 5.06 Å². The van der Waals surface area contributed by atoms with Gasteiger partial charge in [-0.05, 0) is 47.0 Å².